The van der Waals surface area contributed by atoms with Crippen LogP contribution in [0.2, 0.25) is 0 Å². The van der Waals surface area contributed by atoms with Gasteiger partial charge in [-0.3, -0.25) is 4.99 Å². The zero-order valence-corrected chi connectivity index (χ0v) is 17.5. The molecule has 156 valence electrons. The Bertz CT molecular complexity index is 1490. The normalized spacial score (nSPS) is 11.4. The van der Waals surface area contributed by atoms with Crippen molar-refractivity contribution >= 4 is 33.4 Å². The highest BCUT2D eigenvalue weighted by Gasteiger charge is 2.19. The summed E-state index contributed by atoms with van der Waals surface area (Å²) in [4.78, 5) is 4.42. The minimum absolute atomic E-state index is 0.0833. The van der Waals surface area contributed by atoms with Crippen molar-refractivity contribution in [2.75, 3.05) is 7.11 Å². The molecule has 0 aliphatic heterocycles. The first-order chi connectivity index (χ1) is 15.7. The van der Waals surface area contributed by atoms with Crippen LogP contribution in [0.5, 0.6) is 17.2 Å². The van der Waals surface area contributed by atoms with E-state index < -0.39 is 0 Å². The second-order valence-electron chi connectivity index (χ2n) is 7.52. The van der Waals surface area contributed by atoms with Gasteiger partial charge in [-0.15, -0.1) is 0 Å². The van der Waals surface area contributed by atoms with E-state index >= 15 is 0 Å². The van der Waals surface area contributed by atoms with Gasteiger partial charge in [-0.2, -0.15) is 0 Å². The fourth-order valence-corrected chi connectivity index (χ4v) is 4.10. The van der Waals surface area contributed by atoms with Crippen LogP contribution < -0.4 is 4.74 Å². The molecule has 0 atom stereocenters. The van der Waals surface area contributed by atoms with Gasteiger partial charge in [0.15, 0.2) is 0 Å². The van der Waals surface area contributed by atoms with Crippen LogP contribution in [0.3, 0.4) is 0 Å². The molecule has 5 rings (SSSR count). The van der Waals surface area contributed by atoms with Crippen LogP contribution in [-0.2, 0) is 0 Å². The van der Waals surface area contributed by atoms with E-state index in [2.05, 4.69) is 4.99 Å². The van der Waals surface area contributed by atoms with Gasteiger partial charge < -0.3 is 14.9 Å². The lowest BCUT2D eigenvalue weighted by molar-refractivity contribution is 0.416. The van der Waals surface area contributed by atoms with E-state index in [1.807, 2.05) is 66.7 Å². The fraction of sp³-hybridized carbons (Fsp3) is 0.0357. The van der Waals surface area contributed by atoms with Crippen LogP contribution >= 0.6 is 0 Å². The van der Waals surface area contributed by atoms with Crippen molar-refractivity contribution in [3.63, 3.8) is 0 Å². The maximum absolute atomic E-state index is 11.5. The zero-order chi connectivity index (χ0) is 22.1. The number of rotatable bonds is 4. The lowest BCUT2D eigenvalue weighted by atomic mass is 9.90. The van der Waals surface area contributed by atoms with Crippen molar-refractivity contribution in [3.8, 4) is 28.4 Å². The average Bonchev–Trinajstić information content (AvgIpc) is 2.83. The number of para-hydroxylation sites is 2. The van der Waals surface area contributed by atoms with Crippen LogP contribution in [0.1, 0.15) is 5.56 Å². The lowest BCUT2D eigenvalue weighted by Crippen LogP contribution is -1.94. The average molecular weight is 419 g/mol. The summed E-state index contributed by atoms with van der Waals surface area (Å²) in [6.07, 6.45) is 1.58. The van der Waals surface area contributed by atoms with Gasteiger partial charge in [0.05, 0.1) is 7.11 Å². The Kier molecular flexibility index (Phi) is 4.96. The van der Waals surface area contributed by atoms with Crippen molar-refractivity contribution < 1.29 is 14.9 Å². The zero-order valence-electron chi connectivity index (χ0n) is 17.5. The predicted molar refractivity (Wildman–Crippen MR) is 130 cm³/mol. The summed E-state index contributed by atoms with van der Waals surface area (Å²) in [5.74, 6) is 0.872. The molecule has 0 saturated heterocycles. The highest BCUT2D eigenvalue weighted by atomic mass is 16.5. The quantitative estimate of drug-likeness (QED) is 0.314. The number of nitrogens with zero attached hydrogens (tertiary/aromatic N) is 1. The van der Waals surface area contributed by atoms with E-state index in [1.54, 1.807) is 37.6 Å². The molecule has 4 heteroatoms. The van der Waals surface area contributed by atoms with Gasteiger partial charge >= 0.3 is 0 Å². The van der Waals surface area contributed by atoms with Crippen LogP contribution in [0, 0.1) is 0 Å². The van der Waals surface area contributed by atoms with Crippen molar-refractivity contribution in [2.24, 2.45) is 4.99 Å². The first-order valence-electron chi connectivity index (χ1n) is 10.3. The van der Waals surface area contributed by atoms with E-state index in [0.29, 0.717) is 22.6 Å². The molecule has 0 unspecified atom stereocenters. The SMILES string of the molecule is COc1ccc2ccccc2c1-c1c(O)c(C=Nc2ccccc2O)cc2ccccc12. The fourth-order valence-electron chi connectivity index (χ4n) is 4.10. The molecule has 5 aromatic rings. The number of hydrogen-bond acceptors (Lipinski definition) is 4. The lowest BCUT2D eigenvalue weighted by Gasteiger charge is -2.17. The van der Waals surface area contributed by atoms with Crippen LogP contribution in [0.4, 0.5) is 5.69 Å². The summed E-state index contributed by atoms with van der Waals surface area (Å²) in [5, 5.41) is 25.4. The second kappa shape index (κ2) is 8.08. The van der Waals surface area contributed by atoms with Gasteiger partial charge in [-0.25, -0.2) is 0 Å². The van der Waals surface area contributed by atoms with Crippen LogP contribution in [0.15, 0.2) is 96.0 Å². The minimum atomic E-state index is 0.0833. The van der Waals surface area contributed by atoms with Gasteiger partial charge in [0.1, 0.15) is 22.9 Å². The third-order valence-corrected chi connectivity index (χ3v) is 5.64. The molecule has 0 heterocycles. The molecule has 5 aromatic carbocycles. The third-order valence-electron chi connectivity index (χ3n) is 5.64. The maximum Gasteiger partial charge on any atom is 0.141 e. The van der Waals surface area contributed by atoms with E-state index in [1.165, 1.54) is 0 Å². The van der Waals surface area contributed by atoms with E-state index in [-0.39, 0.29) is 11.5 Å². The number of benzene rings is 5. The summed E-state index contributed by atoms with van der Waals surface area (Å²) >= 11 is 0. The molecule has 0 bridgehead atoms. The highest BCUT2D eigenvalue weighted by Crippen LogP contribution is 2.46. The number of phenols is 2. The predicted octanol–water partition coefficient (Wildman–Crippen LogP) is 6.83. The van der Waals surface area contributed by atoms with Crippen LogP contribution in [-0.4, -0.2) is 23.5 Å². The molecule has 0 aliphatic rings. The molecule has 32 heavy (non-hydrogen) atoms. The molecule has 2 N–H and O–H groups in total. The molecular formula is C28H21NO3. The summed E-state index contributed by atoms with van der Waals surface area (Å²) < 4.78 is 5.72. The molecular weight excluding hydrogens is 398 g/mol. The first kappa shape index (κ1) is 19.6. The number of hydrogen-bond donors (Lipinski definition) is 2. The van der Waals surface area contributed by atoms with Crippen molar-refractivity contribution in [1.29, 1.82) is 0 Å². The van der Waals surface area contributed by atoms with Crippen molar-refractivity contribution in [2.45, 2.75) is 0 Å². The third kappa shape index (κ3) is 3.32. The molecule has 0 amide bonds. The highest BCUT2D eigenvalue weighted by molar-refractivity contribution is 6.12. The number of methoxy groups -OCH3 is 1. The van der Waals surface area contributed by atoms with Crippen molar-refractivity contribution in [3.05, 3.63) is 96.6 Å². The van der Waals surface area contributed by atoms with Crippen molar-refractivity contribution in [1.82, 2.24) is 0 Å². The van der Waals surface area contributed by atoms with Gasteiger partial charge in [-0.1, -0.05) is 66.7 Å². The Labute approximate surface area is 185 Å². The molecule has 0 fully saturated rings. The number of aliphatic imine (C=N–C) groups is 1. The van der Waals surface area contributed by atoms with E-state index in [9.17, 15) is 10.2 Å². The Morgan fingerprint density at radius 3 is 2.12 bits per heavy atom. The summed E-state index contributed by atoms with van der Waals surface area (Å²) in [6.45, 7) is 0. The summed E-state index contributed by atoms with van der Waals surface area (Å²) in [6, 6.07) is 28.7. The van der Waals surface area contributed by atoms with Gasteiger partial charge in [0.2, 0.25) is 0 Å². The Morgan fingerprint density at radius 2 is 1.38 bits per heavy atom. The second-order valence-corrected chi connectivity index (χ2v) is 7.52. The Hall–Kier alpha value is -4.31. The molecule has 0 radical (unpaired) electrons. The molecule has 4 nitrogen and oxygen atoms in total. The molecule has 0 aromatic heterocycles. The van der Waals surface area contributed by atoms with Gasteiger partial charge in [0, 0.05) is 22.9 Å². The standard InChI is InChI=1S/C28H21NO3/c1-32-25-15-14-18-8-2-4-10-21(18)26(25)27-22-11-5-3-9-19(22)16-20(28(27)31)17-29-23-12-6-7-13-24(23)30/h2-17,30-31H,1H3. The van der Waals surface area contributed by atoms with E-state index in [4.69, 9.17) is 4.74 Å². The smallest absolute Gasteiger partial charge is 0.141 e. The monoisotopic (exact) mass is 419 g/mol. The summed E-state index contributed by atoms with van der Waals surface area (Å²) in [5.41, 5.74) is 2.51. The molecule has 0 aliphatic carbocycles. The Balaban J connectivity index is 1.82. The first-order valence-corrected chi connectivity index (χ1v) is 10.3. The summed E-state index contributed by atoms with van der Waals surface area (Å²) in [7, 11) is 1.64. The number of fused-ring (bicyclic) bond motifs is 2. The molecule has 0 saturated carbocycles. The molecule has 0 spiro atoms. The number of ether oxygens (including phenoxy) is 1. The maximum atomic E-state index is 11.5. The largest absolute Gasteiger partial charge is 0.507 e. The Morgan fingerprint density at radius 1 is 0.719 bits per heavy atom. The van der Waals surface area contributed by atoms with Crippen LogP contribution in [0.25, 0.3) is 32.7 Å². The van der Waals surface area contributed by atoms with Gasteiger partial charge in [-0.05, 0) is 45.8 Å². The topological polar surface area (TPSA) is 62.0 Å². The van der Waals surface area contributed by atoms with Gasteiger partial charge in [0.25, 0.3) is 0 Å². The number of phenolic OH excluding ortho intramolecular Hbond substituents is 2. The number of aromatic hydroxyl groups is 2. The van der Waals surface area contributed by atoms with E-state index in [0.717, 1.165) is 27.1 Å². The minimum Gasteiger partial charge on any atom is -0.507 e.